The van der Waals surface area contributed by atoms with Gasteiger partial charge in [-0.05, 0) is 36.4 Å². The van der Waals surface area contributed by atoms with Crippen LogP contribution in [0, 0.1) is 0 Å². The second-order valence-corrected chi connectivity index (χ2v) is 5.89. The van der Waals surface area contributed by atoms with Crippen LogP contribution in [0.1, 0.15) is 0 Å². The molecule has 0 aliphatic heterocycles. The molecule has 0 N–H and O–H groups in total. The number of pyridine rings is 1. The lowest BCUT2D eigenvalue weighted by Crippen LogP contribution is -1.96. The summed E-state index contributed by atoms with van der Waals surface area (Å²) in [6.45, 7) is 0. The number of halogens is 1. The second-order valence-electron chi connectivity index (χ2n) is 4.97. The van der Waals surface area contributed by atoms with Crippen molar-refractivity contribution in [3.8, 4) is 16.9 Å². The summed E-state index contributed by atoms with van der Waals surface area (Å²) in [6, 6.07) is 22.2. The Labute approximate surface area is 136 Å². The first-order valence-corrected chi connectivity index (χ1v) is 7.77. The zero-order chi connectivity index (χ0) is 14.9. The minimum atomic E-state index is 0.902. The molecule has 22 heavy (non-hydrogen) atoms. The lowest BCUT2D eigenvalue weighted by molar-refractivity contribution is 0.914. The molecule has 2 aromatic carbocycles. The van der Waals surface area contributed by atoms with Crippen molar-refractivity contribution in [1.82, 2.24) is 14.8 Å². The van der Waals surface area contributed by atoms with E-state index in [4.69, 9.17) is 5.10 Å². The van der Waals surface area contributed by atoms with Gasteiger partial charge in [-0.3, -0.25) is 4.98 Å². The van der Waals surface area contributed by atoms with Crippen molar-refractivity contribution < 1.29 is 0 Å². The van der Waals surface area contributed by atoms with Crippen molar-refractivity contribution >= 4 is 27.0 Å². The summed E-state index contributed by atoms with van der Waals surface area (Å²) < 4.78 is 2.99. The van der Waals surface area contributed by atoms with Gasteiger partial charge in [-0.15, -0.1) is 0 Å². The fraction of sp³-hybridized carbons (Fsp3) is 0. The first-order chi connectivity index (χ1) is 10.8. The maximum absolute atomic E-state index is 4.80. The molecule has 0 fully saturated rings. The highest BCUT2D eigenvalue weighted by atomic mass is 79.9. The van der Waals surface area contributed by atoms with Crippen LogP contribution < -0.4 is 0 Å². The van der Waals surface area contributed by atoms with Crippen LogP contribution in [0.4, 0.5) is 0 Å². The van der Waals surface area contributed by atoms with Crippen molar-refractivity contribution in [2.24, 2.45) is 0 Å². The van der Waals surface area contributed by atoms with Crippen molar-refractivity contribution in [2.75, 3.05) is 0 Å². The SMILES string of the molecule is Brc1ccc(-n2nc(-c3ccccc3)c3ncccc32)cc1. The Bertz CT molecular complexity index is 928. The molecular formula is C18H12BrN3. The van der Waals surface area contributed by atoms with Gasteiger partial charge in [0.2, 0.25) is 0 Å². The fourth-order valence-electron chi connectivity index (χ4n) is 2.52. The largest absolute Gasteiger partial charge is 0.252 e. The van der Waals surface area contributed by atoms with Gasteiger partial charge in [-0.2, -0.15) is 5.10 Å². The van der Waals surface area contributed by atoms with Gasteiger partial charge in [-0.1, -0.05) is 46.3 Å². The van der Waals surface area contributed by atoms with Crippen LogP contribution in [-0.4, -0.2) is 14.8 Å². The molecule has 0 amide bonds. The van der Waals surface area contributed by atoms with E-state index >= 15 is 0 Å². The molecule has 0 spiro atoms. The summed E-state index contributed by atoms with van der Waals surface area (Å²) in [5.41, 5.74) is 4.91. The van der Waals surface area contributed by atoms with Gasteiger partial charge in [0.05, 0.1) is 11.2 Å². The lowest BCUT2D eigenvalue weighted by Gasteiger charge is -2.02. The Hall–Kier alpha value is -2.46. The summed E-state index contributed by atoms with van der Waals surface area (Å²) in [5, 5.41) is 4.80. The normalized spacial score (nSPS) is 11.0. The number of aromatic nitrogens is 3. The molecular weight excluding hydrogens is 338 g/mol. The number of benzene rings is 2. The third-order valence-electron chi connectivity index (χ3n) is 3.56. The van der Waals surface area contributed by atoms with E-state index in [2.05, 4.69) is 33.0 Å². The quantitative estimate of drug-likeness (QED) is 0.517. The number of fused-ring (bicyclic) bond motifs is 1. The van der Waals surface area contributed by atoms with Crippen molar-refractivity contribution in [1.29, 1.82) is 0 Å². The van der Waals surface area contributed by atoms with E-state index in [1.807, 2.05) is 65.5 Å². The number of nitrogens with zero attached hydrogens (tertiary/aromatic N) is 3. The van der Waals surface area contributed by atoms with Gasteiger partial charge in [0.1, 0.15) is 11.2 Å². The van der Waals surface area contributed by atoms with E-state index in [1.165, 1.54) is 0 Å². The summed E-state index contributed by atoms with van der Waals surface area (Å²) in [5.74, 6) is 0. The van der Waals surface area contributed by atoms with E-state index < -0.39 is 0 Å². The smallest absolute Gasteiger partial charge is 0.119 e. The maximum atomic E-state index is 4.80. The van der Waals surface area contributed by atoms with E-state index in [9.17, 15) is 0 Å². The molecule has 0 aliphatic carbocycles. The summed E-state index contributed by atoms with van der Waals surface area (Å²) in [7, 11) is 0. The molecule has 2 heterocycles. The van der Waals surface area contributed by atoms with E-state index in [0.29, 0.717) is 0 Å². The first-order valence-electron chi connectivity index (χ1n) is 6.98. The Morgan fingerprint density at radius 3 is 2.36 bits per heavy atom. The molecule has 106 valence electrons. The summed E-state index contributed by atoms with van der Waals surface area (Å²) in [4.78, 5) is 4.53. The number of hydrogen-bond donors (Lipinski definition) is 0. The highest BCUT2D eigenvalue weighted by molar-refractivity contribution is 9.10. The molecule has 0 saturated heterocycles. The Morgan fingerprint density at radius 2 is 1.59 bits per heavy atom. The predicted octanol–water partition coefficient (Wildman–Crippen LogP) is 4.85. The molecule has 4 heteroatoms. The van der Waals surface area contributed by atoms with Gasteiger partial charge in [0.15, 0.2) is 0 Å². The molecule has 4 aromatic rings. The van der Waals surface area contributed by atoms with Crippen molar-refractivity contribution in [3.05, 3.63) is 77.4 Å². The summed E-state index contributed by atoms with van der Waals surface area (Å²) in [6.07, 6.45) is 1.81. The molecule has 0 radical (unpaired) electrons. The predicted molar refractivity (Wildman–Crippen MR) is 92.0 cm³/mol. The third-order valence-corrected chi connectivity index (χ3v) is 4.09. The Morgan fingerprint density at radius 1 is 0.818 bits per heavy atom. The van der Waals surface area contributed by atoms with E-state index in [-0.39, 0.29) is 0 Å². The molecule has 2 aromatic heterocycles. The summed E-state index contributed by atoms with van der Waals surface area (Å²) >= 11 is 3.47. The number of rotatable bonds is 2. The van der Waals surface area contributed by atoms with Crippen LogP contribution in [0.5, 0.6) is 0 Å². The molecule has 0 aliphatic rings. The average molecular weight is 350 g/mol. The standard InChI is InChI=1S/C18H12BrN3/c19-14-8-10-15(11-9-14)22-16-7-4-12-20-18(16)17(21-22)13-5-2-1-3-6-13/h1-12H. The first kappa shape index (κ1) is 13.2. The molecule has 0 atom stereocenters. The monoisotopic (exact) mass is 349 g/mol. The third kappa shape index (κ3) is 2.22. The lowest BCUT2D eigenvalue weighted by atomic mass is 10.1. The van der Waals surface area contributed by atoms with Gasteiger partial charge in [0, 0.05) is 16.2 Å². The van der Waals surface area contributed by atoms with Gasteiger partial charge < -0.3 is 0 Å². The van der Waals surface area contributed by atoms with Crippen LogP contribution in [0.2, 0.25) is 0 Å². The zero-order valence-corrected chi connectivity index (χ0v) is 13.2. The average Bonchev–Trinajstić information content (AvgIpc) is 2.96. The van der Waals surface area contributed by atoms with Crippen molar-refractivity contribution in [2.45, 2.75) is 0 Å². The number of hydrogen-bond acceptors (Lipinski definition) is 2. The van der Waals surface area contributed by atoms with Crippen LogP contribution in [-0.2, 0) is 0 Å². The van der Waals surface area contributed by atoms with Gasteiger partial charge >= 0.3 is 0 Å². The van der Waals surface area contributed by atoms with Crippen LogP contribution in [0.25, 0.3) is 28.0 Å². The second kappa shape index (κ2) is 5.39. The molecule has 4 rings (SSSR count). The van der Waals surface area contributed by atoms with E-state index in [1.54, 1.807) is 0 Å². The molecule has 3 nitrogen and oxygen atoms in total. The highest BCUT2D eigenvalue weighted by Crippen LogP contribution is 2.28. The molecule has 0 unspecified atom stereocenters. The van der Waals surface area contributed by atoms with Crippen molar-refractivity contribution in [3.63, 3.8) is 0 Å². The van der Waals surface area contributed by atoms with Gasteiger partial charge in [-0.25, -0.2) is 4.68 Å². The van der Waals surface area contributed by atoms with Crippen LogP contribution in [0.15, 0.2) is 77.4 Å². The van der Waals surface area contributed by atoms with Crippen LogP contribution >= 0.6 is 15.9 Å². The van der Waals surface area contributed by atoms with Crippen LogP contribution in [0.3, 0.4) is 0 Å². The maximum Gasteiger partial charge on any atom is 0.119 e. The Balaban J connectivity index is 1.99. The minimum Gasteiger partial charge on any atom is -0.252 e. The Kier molecular flexibility index (Phi) is 3.24. The molecule has 0 bridgehead atoms. The molecule has 0 saturated carbocycles. The minimum absolute atomic E-state index is 0.902. The zero-order valence-electron chi connectivity index (χ0n) is 11.6. The topological polar surface area (TPSA) is 30.7 Å². The van der Waals surface area contributed by atoms with E-state index in [0.717, 1.165) is 32.5 Å². The van der Waals surface area contributed by atoms with Gasteiger partial charge in [0.25, 0.3) is 0 Å². The highest BCUT2D eigenvalue weighted by Gasteiger charge is 2.13. The fourth-order valence-corrected chi connectivity index (χ4v) is 2.79.